The zero-order chi connectivity index (χ0) is 15.7. The van der Waals surface area contributed by atoms with Gasteiger partial charge in [-0.3, -0.25) is 4.98 Å². The van der Waals surface area contributed by atoms with E-state index in [-0.39, 0.29) is 11.3 Å². The molecule has 3 aromatic rings. The fourth-order valence-electron chi connectivity index (χ4n) is 2.16. The molecule has 112 valence electrons. The molecule has 1 heterocycles. The van der Waals surface area contributed by atoms with Crippen LogP contribution in [0.2, 0.25) is 5.02 Å². The van der Waals surface area contributed by atoms with E-state index in [1.807, 2.05) is 0 Å². The van der Waals surface area contributed by atoms with Crippen LogP contribution in [0.15, 0.2) is 48.7 Å². The molecule has 0 aliphatic heterocycles. The van der Waals surface area contributed by atoms with Crippen LogP contribution in [-0.2, 0) is 0 Å². The number of nitrogens with one attached hydrogen (secondary N) is 1. The summed E-state index contributed by atoms with van der Waals surface area (Å²) < 4.78 is 25.5. The van der Waals surface area contributed by atoms with Gasteiger partial charge in [0.2, 0.25) is 0 Å². The average molecular weight is 321 g/mol. The Kier molecular flexibility index (Phi) is 3.81. The minimum Gasteiger partial charge on any atom is -0.508 e. The molecule has 3 nitrogen and oxygen atoms in total. The summed E-state index contributed by atoms with van der Waals surface area (Å²) in [7, 11) is 0. The first kappa shape index (κ1) is 14.5. The van der Waals surface area contributed by atoms with Crippen molar-refractivity contribution in [2.24, 2.45) is 0 Å². The standard InChI is InChI=1S/C16H11ClF2N2O/c17-12-8-10(22)2-4-14(12)21-13-5-6-20-15-7-9(16(18)19)1-3-11(13)15/h1-8,16,22H,(H,20,21). The maximum Gasteiger partial charge on any atom is 0.263 e. The Morgan fingerprint density at radius 2 is 1.86 bits per heavy atom. The van der Waals surface area contributed by atoms with Gasteiger partial charge in [0.15, 0.2) is 0 Å². The predicted octanol–water partition coefficient (Wildman–Crippen LogP) is 5.28. The molecule has 2 aromatic carbocycles. The van der Waals surface area contributed by atoms with E-state index in [1.54, 1.807) is 18.2 Å². The summed E-state index contributed by atoms with van der Waals surface area (Å²) in [4.78, 5) is 4.12. The van der Waals surface area contributed by atoms with Crippen molar-refractivity contribution in [2.45, 2.75) is 6.43 Å². The highest BCUT2D eigenvalue weighted by molar-refractivity contribution is 6.33. The van der Waals surface area contributed by atoms with E-state index in [2.05, 4.69) is 10.3 Å². The van der Waals surface area contributed by atoms with Crippen molar-refractivity contribution in [3.05, 3.63) is 59.2 Å². The van der Waals surface area contributed by atoms with Crippen molar-refractivity contribution >= 4 is 33.9 Å². The first-order chi connectivity index (χ1) is 10.5. The lowest BCUT2D eigenvalue weighted by molar-refractivity contribution is 0.151. The first-order valence-electron chi connectivity index (χ1n) is 6.47. The molecule has 2 N–H and O–H groups in total. The second-order valence-electron chi connectivity index (χ2n) is 4.72. The summed E-state index contributed by atoms with van der Waals surface area (Å²) in [6.45, 7) is 0. The molecule has 6 heteroatoms. The van der Waals surface area contributed by atoms with Crippen molar-refractivity contribution in [2.75, 3.05) is 5.32 Å². The summed E-state index contributed by atoms with van der Waals surface area (Å²) in [6.07, 6.45) is -0.997. The number of phenolic OH excluding ortho intramolecular Hbond substituents is 1. The van der Waals surface area contributed by atoms with E-state index in [1.165, 1.54) is 30.5 Å². The number of alkyl halides is 2. The Bertz CT molecular complexity index is 839. The lowest BCUT2D eigenvalue weighted by Crippen LogP contribution is -1.94. The van der Waals surface area contributed by atoms with Crippen molar-refractivity contribution in [3.63, 3.8) is 0 Å². The largest absolute Gasteiger partial charge is 0.508 e. The minimum absolute atomic E-state index is 0.0664. The van der Waals surface area contributed by atoms with Gasteiger partial charge in [-0.1, -0.05) is 23.7 Å². The smallest absolute Gasteiger partial charge is 0.263 e. The summed E-state index contributed by atoms with van der Waals surface area (Å²) in [5, 5.41) is 13.5. The van der Waals surface area contributed by atoms with Crippen LogP contribution in [0.1, 0.15) is 12.0 Å². The molecule has 0 saturated carbocycles. The number of anilines is 2. The van der Waals surface area contributed by atoms with E-state index in [0.717, 1.165) is 0 Å². The molecule has 1 aromatic heterocycles. The molecule has 0 aliphatic rings. The molecule has 0 aliphatic carbocycles. The van der Waals surface area contributed by atoms with E-state index in [9.17, 15) is 13.9 Å². The van der Waals surface area contributed by atoms with Gasteiger partial charge >= 0.3 is 0 Å². The number of hydrogen-bond acceptors (Lipinski definition) is 3. The molecular formula is C16H11ClF2N2O. The first-order valence-corrected chi connectivity index (χ1v) is 6.85. The SMILES string of the molecule is Oc1ccc(Nc2ccnc3cc(C(F)F)ccc23)c(Cl)c1. The molecule has 0 atom stereocenters. The summed E-state index contributed by atoms with van der Waals surface area (Å²) in [5.41, 5.74) is 1.70. The highest BCUT2D eigenvalue weighted by Crippen LogP contribution is 2.32. The van der Waals surface area contributed by atoms with Crippen LogP contribution in [0.25, 0.3) is 10.9 Å². The monoisotopic (exact) mass is 320 g/mol. The third kappa shape index (κ3) is 2.80. The zero-order valence-corrected chi connectivity index (χ0v) is 12.0. The summed E-state index contributed by atoms with van der Waals surface area (Å²) in [5.74, 6) is 0.0664. The predicted molar refractivity (Wildman–Crippen MR) is 83.1 cm³/mol. The summed E-state index contributed by atoms with van der Waals surface area (Å²) >= 11 is 6.06. The minimum atomic E-state index is -2.53. The molecule has 0 spiro atoms. The molecule has 0 radical (unpaired) electrons. The lowest BCUT2D eigenvalue weighted by atomic mass is 10.1. The van der Waals surface area contributed by atoms with Crippen LogP contribution in [0.5, 0.6) is 5.75 Å². The number of aromatic nitrogens is 1. The van der Waals surface area contributed by atoms with Crippen LogP contribution in [-0.4, -0.2) is 10.1 Å². The van der Waals surface area contributed by atoms with E-state index < -0.39 is 6.43 Å². The van der Waals surface area contributed by atoms with E-state index in [0.29, 0.717) is 27.3 Å². The number of rotatable bonds is 3. The number of benzene rings is 2. The number of halogens is 3. The van der Waals surface area contributed by atoms with Crippen molar-refractivity contribution in [1.29, 1.82) is 0 Å². The van der Waals surface area contributed by atoms with Gasteiger partial charge in [0.1, 0.15) is 5.75 Å². The fourth-order valence-corrected chi connectivity index (χ4v) is 2.38. The number of aromatic hydroxyl groups is 1. The molecule has 22 heavy (non-hydrogen) atoms. The van der Waals surface area contributed by atoms with Gasteiger partial charge in [-0.25, -0.2) is 8.78 Å². The normalized spacial score (nSPS) is 11.1. The fraction of sp³-hybridized carbons (Fsp3) is 0.0625. The zero-order valence-electron chi connectivity index (χ0n) is 11.2. The average Bonchev–Trinajstić information content (AvgIpc) is 2.49. The van der Waals surface area contributed by atoms with E-state index in [4.69, 9.17) is 11.6 Å². The Labute approximate surface area is 130 Å². The lowest BCUT2D eigenvalue weighted by Gasteiger charge is -2.12. The van der Waals surface area contributed by atoms with Crippen molar-refractivity contribution < 1.29 is 13.9 Å². The Morgan fingerprint density at radius 1 is 1.05 bits per heavy atom. The number of nitrogens with zero attached hydrogens (tertiary/aromatic N) is 1. The van der Waals surface area contributed by atoms with E-state index >= 15 is 0 Å². The van der Waals surface area contributed by atoms with Crippen LogP contribution in [0, 0.1) is 0 Å². The van der Waals surface area contributed by atoms with Gasteiger partial charge in [0, 0.05) is 28.9 Å². The topological polar surface area (TPSA) is 45.1 Å². The van der Waals surface area contributed by atoms with Crippen LogP contribution < -0.4 is 5.32 Å². The maximum atomic E-state index is 12.7. The quantitative estimate of drug-likeness (QED) is 0.646. The molecular weight excluding hydrogens is 310 g/mol. The van der Waals surface area contributed by atoms with Crippen LogP contribution >= 0.6 is 11.6 Å². The van der Waals surface area contributed by atoms with Gasteiger partial charge < -0.3 is 10.4 Å². The maximum absolute atomic E-state index is 12.7. The number of phenols is 1. The Balaban J connectivity index is 2.03. The molecule has 0 saturated heterocycles. The number of pyridine rings is 1. The highest BCUT2D eigenvalue weighted by atomic mass is 35.5. The molecule has 0 bridgehead atoms. The van der Waals surface area contributed by atoms with Gasteiger partial charge in [-0.2, -0.15) is 0 Å². The van der Waals surface area contributed by atoms with Crippen molar-refractivity contribution in [3.8, 4) is 5.75 Å². The number of hydrogen-bond donors (Lipinski definition) is 2. The molecule has 0 fully saturated rings. The van der Waals surface area contributed by atoms with Gasteiger partial charge in [0.25, 0.3) is 6.43 Å². The Hall–Kier alpha value is -2.40. The summed E-state index contributed by atoms with van der Waals surface area (Å²) in [6, 6.07) is 10.6. The van der Waals surface area contributed by atoms with Gasteiger partial charge in [0.05, 0.1) is 16.2 Å². The Morgan fingerprint density at radius 3 is 2.59 bits per heavy atom. The molecule has 0 amide bonds. The van der Waals surface area contributed by atoms with Gasteiger partial charge in [-0.15, -0.1) is 0 Å². The number of fused-ring (bicyclic) bond motifs is 1. The second kappa shape index (κ2) is 5.77. The third-order valence-electron chi connectivity index (χ3n) is 3.24. The molecule has 0 unspecified atom stereocenters. The third-order valence-corrected chi connectivity index (χ3v) is 3.55. The second-order valence-corrected chi connectivity index (χ2v) is 5.13. The van der Waals surface area contributed by atoms with Gasteiger partial charge in [-0.05, 0) is 24.3 Å². The van der Waals surface area contributed by atoms with Crippen molar-refractivity contribution in [1.82, 2.24) is 4.98 Å². The highest BCUT2D eigenvalue weighted by Gasteiger charge is 2.10. The van der Waals surface area contributed by atoms with Crippen LogP contribution in [0.3, 0.4) is 0 Å². The van der Waals surface area contributed by atoms with Crippen LogP contribution in [0.4, 0.5) is 20.2 Å². The molecule has 3 rings (SSSR count).